The number of alkyl halides is 3. The molecule has 11 heteroatoms. The number of carbonyl (C=O) groups excluding carboxylic acids is 1. The van der Waals surface area contributed by atoms with E-state index in [9.17, 15) is 26.4 Å². The van der Waals surface area contributed by atoms with Gasteiger partial charge in [0.05, 0.1) is 18.8 Å². The molecule has 0 aliphatic rings. The van der Waals surface area contributed by atoms with E-state index in [1.807, 2.05) is 0 Å². The number of hydrogen-bond donors (Lipinski definition) is 0. The fourth-order valence-electron chi connectivity index (χ4n) is 1.69. The van der Waals surface area contributed by atoms with Crippen molar-refractivity contribution in [2.45, 2.75) is 5.51 Å². The van der Waals surface area contributed by atoms with Gasteiger partial charge in [-0.3, -0.25) is 4.98 Å². The Morgan fingerprint density at radius 3 is 2.52 bits per heavy atom. The summed E-state index contributed by atoms with van der Waals surface area (Å²) >= 11 is 5.78. The lowest BCUT2D eigenvalue weighted by Gasteiger charge is -2.13. The van der Waals surface area contributed by atoms with E-state index in [-0.39, 0.29) is 15.9 Å². The van der Waals surface area contributed by atoms with Crippen LogP contribution in [0.1, 0.15) is 10.4 Å². The highest BCUT2D eigenvalue weighted by atomic mass is 35.5. The van der Waals surface area contributed by atoms with Gasteiger partial charge in [0.2, 0.25) is 0 Å². The van der Waals surface area contributed by atoms with Crippen molar-refractivity contribution in [3.63, 3.8) is 0 Å². The SMILES string of the molecule is COC(=O)c1c(OS(=O)(=O)C(F)(F)F)cnc2ccc(Cl)cc12. The van der Waals surface area contributed by atoms with Crippen molar-refractivity contribution in [1.29, 1.82) is 0 Å². The highest BCUT2D eigenvalue weighted by Crippen LogP contribution is 2.33. The number of ether oxygens (including phenoxy) is 1. The molecule has 124 valence electrons. The summed E-state index contributed by atoms with van der Waals surface area (Å²) in [7, 11) is -5.00. The Morgan fingerprint density at radius 1 is 1.30 bits per heavy atom. The first-order chi connectivity index (χ1) is 10.6. The normalized spacial score (nSPS) is 12.2. The van der Waals surface area contributed by atoms with Crippen molar-refractivity contribution in [1.82, 2.24) is 4.98 Å². The fraction of sp³-hybridized carbons (Fsp3) is 0.167. The van der Waals surface area contributed by atoms with Gasteiger partial charge in [-0.05, 0) is 18.2 Å². The molecule has 2 rings (SSSR count). The number of halogens is 4. The van der Waals surface area contributed by atoms with Crippen LogP contribution in [0.4, 0.5) is 13.2 Å². The third-order valence-electron chi connectivity index (χ3n) is 2.67. The molecule has 0 amide bonds. The first-order valence-electron chi connectivity index (χ1n) is 5.74. The second kappa shape index (κ2) is 5.85. The Hall–Kier alpha value is -2.07. The summed E-state index contributed by atoms with van der Waals surface area (Å²) in [4.78, 5) is 15.6. The van der Waals surface area contributed by atoms with E-state index < -0.39 is 32.9 Å². The molecule has 23 heavy (non-hydrogen) atoms. The summed E-state index contributed by atoms with van der Waals surface area (Å²) in [6.45, 7) is 0. The lowest BCUT2D eigenvalue weighted by atomic mass is 10.1. The van der Waals surface area contributed by atoms with Crippen molar-refractivity contribution < 1.29 is 35.3 Å². The Balaban J connectivity index is 2.72. The third kappa shape index (κ3) is 3.32. The van der Waals surface area contributed by atoms with Crippen molar-refractivity contribution in [3.05, 3.63) is 35.0 Å². The number of benzene rings is 1. The number of esters is 1. The van der Waals surface area contributed by atoms with Crippen molar-refractivity contribution in [2.75, 3.05) is 7.11 Å². The fourth-order valence-corrected chi connectivity index (χ4v) is 2.32. The maximum Gasteiger partial charge on any atom is 0.534 e. The van der Waals surface area contributed by atoms with E-state index in [4.69, 9.17) is 11.6 Å². The second-order valence-electron chi connectivity index (χ2n) is 4.13. The number of rotatable bonds is 3. The second-order valence-corrected chi connectivity index (χ2v) is 6.11. The summed E-state index contributed by atoms with van der Waals surface area (Å²) < 4.78 is 68.1. The molecule has 6 nitrogen and oxygen atoms in total. The van der Waals surface area contributed by atoms with Gasteiger partial charge in [0.15, 0.2) is 5.75 Å². The molecule has 2 aromatic rings. The molecule has 1 aromatic heterocycles. The summed E-state index contributed by atoms with van der Waals surface area (Å²) in [5, 5.41) is 0.138. The first-order valence-corrected chi connectivity index (χ1v) is 7.53. The molecule has 1 aromatic carbocycles. The van der Waals surface area contributed by atoms with E-state index in [1.54, 1.807) is 0 Å². The quantitative estimate of drug-likeness (QED) is 0.470. The predicted molar refractivity (Wildman–Crippen MR) is 73.7 cm³/mol. The Kier molecular flexibility index (Phi) is 4.40. The van der Waals surface area contributed by atoms with Crippen LogP contribution in [0.5, 0.6) is 5.75 Å². The molecule has 0 aliphatic carbocycles. The lowest BCUT2D eigenvalue weighted by Crippen LogP contribution is -2.28. The van der Waals surface area contributed by atoms with Crippen LogP contribution in [0.15, 0.2) is 24.4 Å². The topological polar surface area (TPSA) is 82.6 Å². The molecule has 0 saturated heterocycles. The van der Waals surface area contributed by atoms with E-state index in [1.165, 1.54) is 18.2 Å². The molecular formula is C12H7ClF3NO5S. The van der Waals surface area contributed by atoms with Crippen LogP contribution in [0, 0.1) is 0 Å². The molecular weight excluding hydrogens is 363 g/mol. The van der Waals surface area contributed by atoms with Gasteiger partial charge in [0, 0.05) is 10.4 Å². The highest BCUT2D eigenvalue weighted by Gasteiger charge is 2.49. The molecule has 0 unspecified atom stereocenters. The molecule has 0 saturated carbocycles. The molecule has 0 fully saturated rings. The number of hydrogen-bond acceptors (Lipinski definition) is 6. The van der Waals surface area contributed by atoms with Crippen LogP contribution < -0.4 is 4.18 Å². The maximum atomic E-state index is 12.4. The van der Waals surface area contributed by atoms with Gasteiger partial charge in [-0.1, -0.05) is 11.6 Å². The van der Waals surface area contributed by atoms with Gasteiger partial charge in [-0.2, -0.15) is 21.6 Å². The molecule has 1 heterocycles. The number of methoxy groups -OCH3 is 1. The number of nitrogens with zero attached hydrogens (tertiary/aromatic N) is 1. The van der Waals surface area contributed by atoms with Gasteiger partial charge < -0.3 is 8.92 Å². The average Bonchev–Trinajstić information content (AvgIpc) is 2.44. The van der Waals surface area contributed by atoms with Crippen molar-refractivity contribution in [2.24, 2.45) is 0 Å². The third-order valence-corrected chi connectivity index (χ3v) is 3.87. The summed E-state index contributed by atoms with van der Waals surface area (Å²) in [6, 6.07) is 4.06. The Labute approximate surface area is 132 Å². The predicted octanol–water partition coefficient (Wildman–Crippen LogP) is 2.90. The smallest absolute Gasteiger partial charge is 0.465 e. The maximum absolute atomic E-state index is 12.4. The van der Waals surface area contributed by atoms with Crippen molar-refractivity contribution >= 4 is 38.6 Å². The van der Waals surface area contributed by atoms with Gasteiger partial charge >= 0.3 is 21.6 Å². The minimum absolute atomic E-state index is 0.0146. The van der Waals surface area contributed by atoms with Gasteiger partial charge in [-0.25, -0.2) is 4.79 Å². The number of pyridine rings is 1. The Morgan fingerprint density at radius 2 is 1.96 bits per heavy atom. The molecule has 0 radical (unpaired) electrons. The van der Waals surface area contributed by atoms with E-state index in [0.717, 1.165) is 7.11 Å². The minimum atomic E-state index is -5.97. The lowest BCUT2D eigenvalue weighted by molar-refractivity contribution is -0.0500. The number of aromatic nitrogens is 1. The van der Waals surface area contributed by atoms with Crippen LogP contribution in [-0.4, -0.2) is 32.0 Å². The average molecular weight is 370 g/mol. The van der Waals surface area contributed by atoms with Crippen LogP contribution in [0.3, 0.4) is 0 Å². The largest absolute Gasteiger partial charge is 0.534 e. The minimum Gasteiger partial charge on any atom is -0.465 e. The van der Waals surface area contributed by atoms with Crippen molar-refractivity contribution in [3.8, 4) is 5.75 Å². The Bertz CT molecular complexity index is 882. The molecule has 0 spiro atoms. The number of carbonyl (C=O) groups is 1. The van der Waals surface area contributed by atoms with E-state index in [0.29, 0.717) is 6.20 Å². The standard InChI is InChI=1S/C12H7ClF3NO5S/c1-21-11(18)10-7-4-6(13)2-3-8(7)17-5-9(10)22-23(19,20)12(14,15)16/h2-5H,1H3. The van der Waals surface area contributed by atoms with Gasteiger partial charge in [0.25, 0.3) is 0 Å². The van der Waals surface area contributed by atoms with Gasteiger partial charge in [0.1, 0.15) is 5.56 Å². The highest BCUT2D eigenvalue weighted by molar-refractivity contribution is 7.88. The van der Waals surface area contributed by atoms with E-state index >= 15 is 0 Å². The zero-order valence-corrected chi connectivity index (χ0v) is 12.8. The monoisotopic (exact) mass is 369 g/mol. The number of fused-ring (bicyclic) bond motifs is 1. The van der Waals surface area contributed by atoms with Crippen LogP contribution in [0.25, 0.3) is 10.9 Å². The molecule has 0 N–H and O–H groups in total. The molecule has 0 aliphatic heterocycles. The summed E-state index contributed by atoms with van der Waals surface area (Å²) in [5.74, 6) is -2.02. The van der Waals surface area contributed by atoms with Crippen LogP contribution >= 0.6 is 11.6 Å². The summed E-state index contributed by atoms with van der Waals surface area (Å²) in [5.41, 5.74) is -6.01. The van der Waals surface area contributed by atoms with Gasteiger partial charge in [-0.15, -0.1) is 0 Å². The summed E-state index contributed by atoms with van der Waals surface area (Å²) in [6.07, 6.45) is 0.686. The zero-order valence-electron chi connectivity index (χ0n) is 11.2. The zero-order chi connectivity index (χ0) is 17.4. The first kappa shape index (κ1) is 17.3. The molecule has 0 bridgehead atoms. The van der Waals surface area contributed by atoms with E-state index in [2.05, 4.69) is 13.9 Å². The van der Waals surface area contributed by atoms with Crippen LogP contribution in [-0.2, 0) is 14.9 Å². The van der Waals surface area contributed by atoms with Crippen LogP contribution in [0.2, 0.25) is 5.02 Å². The molecule has 0 atom stereocenters.